The summed E-state index contributed by atoms with van der Waals surface area (Å²) in [7, 11) is 0.769. The lowest BCUT2D eigenvalue weighted by Crippen LogP contribution is -2.41. The van der Waals surface area contributed by atoms with Crippen LogP contribution < -0.4 is 0 Å². The normalized spacial score (nSPS) is 13.3. The lowest BCUT2D eigenvalue weighted by atomic mass is 9.68. The quantitative estimate of drug-likeness (QED) is 0.738. The highest BCUT2D eigenvalue weighted by atomic mass is 28.2. The van der Waals surface area contributed by atoms with E-state index >= 15 is 0 Å². The molecule has 1 unspecified atom stereocenters. The Kier molecular flexibility index (Phi) is 5.15. The second-order valence-electron chi connectivity index (χ2n) is 5.19. The van der Waals surface area contributed by atoms with E-state index < -0.39 is 0 Å². The minimum Gasteiger partial charge on any atom is -0.424 e. The third-order valence-electron chi connectivity index (χ3n) is 4.34. The zero-order valence-electron chi connectivity index (χ0n) is 12.7. The molecule has 2 aromatic carbocycles. The Labute approximate surface area is 125 Å². The highest BCUT2D eigenvalue weighted by Gasteiger charge is 2.39. The molecule has 20 heavy (non-hydrogen) atoms. The van der Waals surface area contributed by atoms with Crippen molar-refractivity contribution in [2.24, 2.45) is 0 Å². The van der Waals surface area contributed by atoms with Crippen LogP contribution in [0.3, 0.4) is 0 Å². The van der Waals surface area contributed by atoms with Gasteiger partial charge in [0.25, 0.3) is 0 Å². The summed E-state index contributed by atoms with van der Waals surface area (Å²) in [4.78, 5) is 0. The Bertz CT molecular complexity index is 466. The molecule has 2 heteroatoms. The van der Waals surface area contributed by atoms with Crippen LogP contribution in [-0.2, 0) is 9.84 Å². The number of rotatable bonds is 6. The van der Waals surface area contributed by atoms with Gasteiger partial charge < -0.3 is 4.43 Å². The second kappa shape index (κ2) is 6.87. The molecule has 2 aromatic rings. The second-order valence-corrected chi connectivity index (χ2v) is 5.66. The molecule has 0 radical (unpaired) electrons. The molecule has 0 bridgehead atoms. The molecule has 106 valence electrons. The summed E-state index contributed by atoms with van der Waals surface area (Å²) in [6.45, 7) is 4.49. The van der Waals surface area contributed by atoms with E-state index in [9.17, 15) is 0 Å². The van der Waals surface area contributed by atoms with Crippen LogP contribution in [0.2, 0.25) is 0 Å². The van der Waals surface area contributed by atoms with Gasteiger partial charge in [0.2, 0.25) is 0 Å². The van der Waals surface area contributed by atoms with Crippen molar-refractivity contribution in [3.8, 4) is 0 Å². The zero-order valence-corrected chi connectivity index (χ0v) is 14.7. The van der Waals surface area contributed by atoms with Crippen molar-refractivity contribution in [1.82, 2.24) is 0 Å². The van der Waals surface area contributed by atoms with Crippen LogP contribution in [0.1, 0.15) is 37.8 Å². The van der Waals surface area contributed by atoms with Gasteiger partial charge in [-0.25, -0.2) is 0 Å². The van der Waals surface area contributed by atoms with Gasteiger partial charge in [0.15, 0.2) is 0 Å². The van der Waals surface area contributed by atoms with Gasteiger partial charge in [-0.3, -0.25) is 0 Å². The van der Waals surface area contributed by atoms with Gasteiger partial charge in [-0.15, -0.1) is 0 Å². The molecule has 0 amide bonds. The molecule has 0 spiro atoms. The molecule has 1 atom stereocenters. The van der Waals surface area contributed by atoms with Crippen molar-refractivity contribution in [1.29, 1.82) is 0 Å². The average molecular weight is 284 g/mol. The van der Waals surface area contributed by atoms with E-state index in [2.05, 4.69) is 74.5 Å². The Hall–Kier alpha value is -1.38. The number of hydrogen-bond acceptors (Lipinski definition) is 1. The first-order chi connectivity index (χ1) is 9.79. The largest absolute Gasteiger partial charge is 0.424 e. The summed E-state index contributed by atoms with van der Waals surface area (Å²) in [6.07, 6.45) is 2.31. The first-order valence-corrected chi connectivity index (χ1v) is 8.25. The lowest BCUT2D eigenvalue weighted by Gasteiger charge is -2.40. The Morgan fingerprint density at radius 3 is 1.65 bits per heavy atom. The number of benzene rings is 2. The molecule has 0 aromatic heterocycles. The maximum absolute atomic E-state index is 6.00. The fourth-order valence-electron chi connectivity index (χ4n) is 3.36. The molecular weight excluding hydrogens is 260 g/mol. The summed E-state index contributed by atoms with van der Waals surface area (Å²) in [5.74, 6) is 0. The molecule has 0 aliphatic carbocycles. The predicted molar refractivity (Wildman–Crippen MR) is 89.1 cm³/mol. The van der Waals surface area contributed by atoms with Crippen LogP contribution in [0.5, 0.6) is 0 Å². The lowest BCUT2D eigenvalue weighted by molar-refractivity contribution is 0.132. The fourth-order valence-corrected chi connectivity index (χ4v) is 4.10. The summed E-state index contributed by atoms with van der Waals surface area (Å²) < 4.78 is 6.00. The van der Waals surface area contributed by atoms with Crippen molar-refractivity contribution in [3.05, 3.63) is 71.8 Å². The predicted octanol–water partition coefficient (Wildman–Crippen LogP) is 3.46. The van der Waals surface area contributed by atoms with E-state index in [4.69, 9.17) is 4.43 Å². The highest BCUT2D eigenvalue weighted by molar-refractivity contribution is 5.98. The number of hydrogen-bond donors (Lipinski definition) is 0. The van der Waals surface area contributed by atoms with Crippen LogP contribution in [0.25, 0.3) is 0 Å². The van der Waals surface area contributed by atoms with E-state index in [-0.39, 0.29) is 11.5 Å². The Balaban J connectivity index is 2.64. The van der Waals surface area contributed by atoms with Gasteiger partial charge in [0, 0.05) is 5.41 Å². The van der Waals surface area contributed by atoms with Crippen LogP contribution in [-0.4, -0.2) is 16.6 Å². The third kappa shape index (κ3) is 2.58. The van der Waals surface area contributed by atoms with E-state index in [1.54, 1.807) is 0 Å². The topological polar surface area (TPSA) is 9.23 Å². The van der Waals surface area contributed by atoms with Crippen LogP contribution in [0.4, 0.5) is 0 Å². The average Bonchev–Trinajstić information content (AvgIpc) is 2.54. The minimum absolute atomic E-state index is 0.0426. The molecule has 2 rings (SSSR count). The Morgan fingerprint density at radius 1 is 0.900 bits per heavy atom. The van der Waals surface area contributed by atoms with Crippen molar-refractivity contribution in [2.45, 2.75) is 38.2 Å². The molecule has 0 aliphatic rings. The molecule has 0 aliphatic heterocycles. The maximum Gasteiger partial charge on any atom is 0.146 e. The molecule has 0 saturated heterocycles. The summed E-state index contributed by atoms with van der Waals surface area (Å²) >= 11 is 0. The first-order valence-electron chi connectivity index (χ1n) is 7.43. The molecule has 0 fully saturated rings. The van der Waals surface area contributed by atoms with Crippen LogP contribution in [0.15, 0.2) is 60.7 Å². The monoisotopic (exact) mass is 284 g/mol. The molecule has 0 N–H and O–H groups in total. The standard InChI is InChI=1S/C18H24OSi/c1-3-17(19-20)18(4-2,15-11-7-5-8-12-15)16-13-9-6-10-14-16/h5-14,17H,3-4H2,1-2,20H3. The molecule has 0 heterocycles. The highest BCUT2D eigenvalue weighted by Crippen LogP contribution is 2.41. The van der Waals surface area contributed by atoms with Gasteiger partial charge in [0.1, 0.15) is 10.5 Å². The minimum atomic E-state index is -0.0426. The third-order valence-corrected chi connectivity index (χ3v) is 4.91. The van der Waals surface area contributed by atoms with Crippen molar-refractivity contribution in [3.63, 3.8) is 0 Å². The van der Waals surface area contributed by atoms with Gasteiger partial charge >= 0.3 is 0 Å². The van der Waals surface area contributed by atoms with Gasteiger partial charge in [-0.1, -0.05) is 74.5 Å². The van der Waals surface area contributed by atoms with Crippen LogP contribution in [0, 0.1) is 0 Å². The molecule has 1 nitrogen and oxygen atoms in total. The SMILES string of the molecule is CCC(O[SiH3])C(CC)(c1ccccc1)c1ccccc1. The summed E-state index contributed by atoms with van der Waals surface area (Å²) in [5.41, 5.74) is 2.67. The van der Waals surface area contributed by atoms with E-state index in [0.29, 0.717) is 0 Å². The molecule has 0 saturated carbocycles. The summed E-state index contributed by atoms with van der Waals surface area (Å²) in [6, 6.07) is 21.6. The van der Waals surface area contributed by atoms with Gasteiger partial charge in [0.05, 0.1) is 6.10 Å². The zero-order chi connectivity index (χ0) is 14.4. The summed E-state index contributed by atoms with van der Waals surface area (Å²) in [5, 5.41) is 0. The van der Waals surface area contributed by atoms with E-state index in [1.807, 2.05) is 0 Å². The smallest absolute Gasteiger partial charge is 0.146 e. The first kappa shape index (κ1) is 15.0. The van der Waals surface area contributed by atoms with Gasteiger partial charge in [-0.2, -0.15) is 0 Å². The maximum atomic E-state index is 6.00. The molecular formula is C18H24OSi. The fraction of sp³-hybridized carbons (Fsp3) is 0.333. The Morgan fingerprint density at radius 2 is 1.35 bits per heavy atom. The van der Waals surface area contributed by atoms with E-state index in [0.717, 1.165) is 23.3 Å². The van der Waals surface area contributed by atoms with E-state index in [1.165, 1.54) is 11.1 Å². The van der Waals surface area contributed by atoms with Crippen LogP contribution >= 0.6 is 0 Å². The van der Waals surface area contributed by atoms with Crippen molar-refractivity contribution >= 4 is 10.5 Å². The van der Waals surface area contributed by atoms with Gasteiger partial charge in [-0.05, 0) is 24.0 Å². The van der Waals surface area contributed by atoms with Crippen molar-refractivity contribution < 1.29 is 4.43 Å². The van der Waals surface area contributed by atoms with Crippen molar-refractivity contribution in [2.75, 3.05) is 0 Å².